The highest BCUT2D eigenvalue weighted by atomic mass is 33.1. The van der Waals surface area contributed by atoms with Crippen molar-refractivity contribution in [3.63, 3.8) is 0 Å². The summed E-state index contributed by atoms with van der Waals surface area (Å²) < 4.78 is 13.5. The molecule has 0 fully saturated rings. The van der Waals surface area contributed by atoms with Gasteiger partial charge in [-0.1, -0.05) is 29.0 Å². The first-order valence-electron chi connectivity index (χ1n) is 3.51. The third kappa shape index (κ3) is 2.93. The van der Waals surface area contributed by atoms with Crippen molar-refractivity contribution >= 4 is 33.6 Å². The van der Waals surface area contributed by atoms with E-state index in [9.17, 15) is 9.18 Å². The van der Waals surface area contributed by atoms with Gasteiger partial charge in [0.2, 0.25) is 0 Å². The largest absolute Gasteiger partial charge is 0.415 e. The van der Waals surface area contributed by atoms with Crippen molar-refractivity contribution in [1.82, 2.24) is 0 Å². The van der Waals surface area contributed by atoms with Gasteiger partial charge in [0.05, 0.1) is 5.69 Å². The Morgan fingerprint density at radius 3 is 2.46 bits per heavy atom. The molecule has 0 aromatic heterocycles. The minimum absolute atomic E-state index is 0.550. The zero-order valence-corrected chi connectivity index (χ0v) is 8.57. The highest BCUT2D eigenvalue weighted by molar-refractivity contribution is 8.77. The number of hydrogen-bond donors (Lipinski definition) is 0. The molecular formula is C8H8FNOS2. The molecule has 0 saturated carbocycles. The molecule has 0 aliphatic rings. The third-order valence-electron chi connectivity index (χ3n) is 1.30. The van der Waals surface area contributed by atoms with E-state index < -0.39 is 6.16 Å². The molecule has 0 aliphatic heterocycles. The number of rotatable bonds is 3. The SMILES string of the molecule is CSSN(C(=O)F)c1ccccc1. The maximum atomic E-state index is 12.5. The van der Waals surface area contributed by atoms with Crippen LogP contribution in [0, 0.1) is 0 Å². The van der Waals surface area contributed by atoms with Gasteiger partial charge in [-0.25, -0.2) is 9.10 Å². The number of para-hydroxylation sites is 1. The lowest BCUT2D eigenvalue weighted by molar-refractivity contribution is 0.232. The first-order valence-corrected chi connectivity index (χ1v) is 6.02. The smallest absolute Gasteiger partial charge is 0.233 e. The zero-order chi connectivity index (χ0) is 9.68. The van der Waals surface area contributed by atoms with Crippen molar-refractivity contribution in [2.24, 2.45) is 0 Å². The molecule has 1 aromatic rings. The van der Waals surface area contributed by atoms with E-state index in [0.717, 1.165) is 15.3 Å². The fourth-order valence-corrected chi connectivity index (χ4v) is 2.11. The summed E-state index contributed by atoms with van der Waals surface area (Å²) in [5, 5.41) is 0. The van der Waals surface area contributed by atoms with Crippen LogP contribution in [0.15, 0.2) is 30.3 Å². The molecule has 0 radical (unpaired) electrons. The molecule has 1 amide bonds. The Hall–Kier alpha value is -0.680. The molecule has 13 heavy (non-hydrogen) atoms. The van der Waals surface area contributed by atoms with Gasteiger partial charge in [0.1, 0.15) is 0 Å². The Labute approximate surface area is 84.0 Å². The van der Waals surface area contributed by atoms with Gasteiger partial charge in [0.25, 0.3) is 0 Å². The lowest BCUT2D eigenvalue weighted by atomic mass is 10.3. The second-order valence-electron chi connectivity index (χ2n) is 2.12. The third-order valence-corrected chi connectivity index (χ3v) is 2.85. The van der Waals surface area contributed by atoms with Gasteiger partial charge in [-0.15, -0.1) is 4.39 Å². The first kappa shape index (κ1) is 10.4. The van der Waals surface area contributed by atoms with Crippen LogP contribution in [0.5, 0.6) is 0 Å². The van der Waals surface area contributed by atoms with Gasteiger partial charge in [-0.3, -0.25) is 0 Å². The lowest BCUT2D eigenvalue weighted by Crippen LogP contribution is -2.15. The average Bonchev–Trinajstić information content (AvgIpc) is 2.15. The summed E-state index contributed by atoms with van der Waals surface area (Å²) in [5.74, 6) is 0. The highest BCUT2D eigenvalue weighted by Gasteiger charge is 2.14. The molecule has 0 aliphatic carbocycles. The van der Waals surface area contributed by atoms with Gasteiger partial charge < -0.3 is 0 Å². The highest BCUT2D eigenvalue weighted by Crippen LogP contribution is 2.30. The summed E-state index contributed by atoms with van der Waals surface area (Å²) >= 11 is 0. The number of amides is 1. The molecule has 0 atom stereocenters. The Bertz CT molecular complexity index is 281. The second-order valence-corrected chi connectivity index (χ2v) is 4.42. The van der Waals surface area contributed by atoms with E-state index in [0.29, 0.717) is 5.69 Å². The minimum atomic E-state index is -1.45. The summed E-state index contributed by atoms with van der Waals surface area (Å²) in [6, 6.07) is 8.69. The van der Waals surface area contributed by atoms with Crippen molar-refractivity contribution < 1.29 is 9.18 Å². The van der Waals surface area contributed by atoms with Crippen LogP contribution in [0.25, 0.3) is 0 Å². The molecule has 1 rings (SSSR count). The molecule has 0 unspecified atom stereocenters. The maximum Gasteiger partial charge on any atom is 0.415 e. The standard InChI is InChI=1S/C8H8FNOS2/c1-12-13-10(8(9)11)7-5-3-2-4-6-7/h2-6H,1H3. The van der Waals surface area contributed by atoms with Crippen LogP contribution >= 0.6 is 21.8 Å². The Kier molecular flexibility index (Phi) is 4.11. The topological polar surface area (TPSA) is 20.3 Å². The lowest BCUT2D eigenvalue weighted by Gasteiger charge is -2.14. The Balaban J connectivity index is 2.82. The van der Waals surface area contributed by atoms with Crippen molar-refractivity contribution in [2.45, 2.75) is 0 Å². The molecule has 70 valence electrons. The van der Waals surface area contributed by atoms with E-state index in [1.807, 2.05) is 6.07 Å². The van der Waals surface area contributed by atoms with Gasteiger partial charge in [0.15, 0.2) is 0 Å². The Morgan fingerprint density at radius 2 is 2.00 bits per heavy atom. The number of halogens is 1. The molecule has 0 N–H and O–H groups in total. The molecule has 0 spiro atoms. The molecule has 0 bridgehead atoms. The Morgan fingerprint density at radius 1 is 1.38 bits per heavy atom. The number of carbonyl (C=O) groups is 1. The van der Waals surface area contributed by atoms with Crippen LogP contribution in [0.2, 0.25) is 0 Å². The van der Waals surface area contributed by atoms with Gasteiger partial charge in [-0.05, 0) is 18.4 Å². The monoisotopic (exact) mass is 217 g/mol. The summed E-state index contributed by atoms with van der Waals surface area (Å²) in [4.78, 5) is 10.6. The maximum absolute atomic E-state index is 12.5. The van der Waals surface area contributed by atoms with Crippen molar-refractivity contribution in [2.75, 3.05) is 10.6 Å². The second kappa shape index (κ2) is 5.14. The normalized spacial score (nSPS) is 9.69. The van der Waals surface area contributed by atoms with Crippen LogP contribution in [0.4, 0.5) is 14.9 Å². The van der Waals surface area contributed by atoms with Crippen LogP contribution in [0.3, 0.4) is 0 Å². The van der Waals surface area contributed by atoms with Crippen LogP contribution < -0.4 is 4.31 Å². The first-order chi connectivity index (χ1) is 6.25. The predicted octanol–water partition coefficient (Wildman–Crippen LogP) is 3.51. The van der Waals surface area contributed by atoms with E-state index in [2.05, 4.69) is 0 Å². The zero-order valence-electron chi connectivity index (χ0n) is 6.94. The van der Waals surface area contributed by atoms with E-state index in [1.165, 1.54) is 10.8 Å². The van der Waals surface area contributed by atoms with Crippen LogP contribution in [-0.2, 0) is 0 Å². The van der Waals surface area contributed by atoms with E-state index in [1.54, 1.807) is 30.5 Å². The summed E-state index contributed by atoms with van der Waals surface area (Å²) in [5.41, 5.74) is 0.550. The van der Waals surface area contributed by atoms with Crippen molar-refractivity contribution in [3.05, 3.63) is 30.3 Å². The van der Waals surface area contributed by atoms with Crippen LogP contribution in [-0.4, -0.2) is 12.4 Å². The number of nitrogens with zero attached hydrogens (tertiary/aromatic N) is 1. The molecule has 5 heteroatoms. The average molecular weight is 217 g/mol. The van der Waals surface area contributed by atoms with Crippen LogP contribution in [0.1, 0.15) is 0 Å². The van der Waals surface area contributed by atoms with Gasteiger partial charge >= 0.3 is 6.16 Å². The van der Waals surface area contributed by atoms with Crippen molar-refractivity contribution in [3.8, 4) is 0 Å². The quantitative estimate of drug-likeness (QED) is 0.334. The molecule has 0 saturated heterocycles. The predicted molar refractivity (Wildman–Crippen MR) is 56.5 cm³/mol. The minimum Gasteiger partial charge on any atom is -0.233 e. The van der Waals surface area contributed by atoms with Crippen molar-refractivity contribution in [1.29, 1.82) is 0 Å². The fourth-order valence-electron chi connectivity index (χ4n) is 0.812. The van der Waals surface area contributed by atoms with Gasteiger partial charge in [-0.2, -0.15) is 0 Å². The molecule has 1 aromatic carbocycles. The number of carbonyl (C=O) groups excluding carboxylic acids is 1. The fraction of sp³-hybridized carbons (Fsp3) is 0.125. The molecule has 2 nitrogen and oxygen atoms in total. The van der Waals surface area contributed by atoms with E-state index in [4.69, 9.17) is 0 Å². The number of hydrogen-bond acceptors (Lipinski definition) is 3. The summed E-state index contributed by atoms with van der Waals surface area (Å²) in [7, 11) is 2.38. The molecular weight excluding hydrogens is 209 g/mol. The summed E-state index contributed by atoms with van der Waals surface area (Å²) in [6.45, 7) is 0. The number of benzene rings is 1. The number of anilines is 1. The van der Waals surface area contributed by atoms with E-state index >= 15 is 0 Å². The van der Waals surface area contributed by atoms with E-state index in [-0.39, 0.29) is 0 Å². The van der Waals surface area contributed by atoms with Gasteiger partial charge in [0, 0.05) is 11.0 Å². The summed E-state index contributed by atoms with van der Waals surface area (Å²) in [6.07, 6.45) is 0.328. The molecule has 0 heterocycles.